The summed E-state index contributed by atoms with van der Waals surface area (Å²) in [5.74, 6) is 0.452. The second kappa shape index (κ2) is 6.67. The third-order valence-electron chi connectivity index (χ3n) is 2.41. The Morgan fingerprint density at radius 3 is 2.71 bits per heavy atom. The van der Waals surface area contributed by atoms with E-state index in [1.165, 1.54) is 17.3 Å². The Bertz CT molecular complexity index is 379. The molecule has 17 heavy (non-hydrogen) atoms. The maximum Gasteiger partial charge on any atom is 0.232 e. The lowest BCUT2D eigenvalue weighted by atomic mass is 10.2. The highest BCUT2D eigenvalue weighted by Gasteiger charge is 2.11. The van der Waals surface area contributed by atoms with Gasteiger partial charge < -0.3 is 10.0 Å². The number of thioether (sulfide) groups is 1. The number of nitrogens with zero attached hydrogens (tertiary/aromatic N) is 1. The number of aliphatic hydroxyl groups is 1. The molecule has 0 saturated heterocycles. The van der Waals surface area contributed by atoms with Gasteiger partial charge in [-0.25, -0.2) is 0 Å². The van der Waals surface area contributed by atoms with Crippen molar-refractivity contribution >= 4 is 17.7 Å². The van der Waals surface area contributed by atoms with Crippen LogP contribution in [0.2, 0.25) is 0 Å². The van der Waals surface area contributed by atoms with Gasteiger partial charge in [0.1, 0.15) is 0 Å². The zero-order chi connectivity index (χ0) is 12.8. The molecule has 0 saturated carbocycles. The predicted molar refractivity (Wildman–Crippen MR) is 71.2 cm³/mol. The van der Waals surface area contributed by atoms with Crippen LogP contribution in [0.15, 0.2) is 29.2 Å². The number of benzene rings is 1. The van der Waals surface area contributed by atoms with Crippen LogP contribution in [-0.4, -0.2) is 41.4 Å². The number of rotatable bonds is 5. The van der Waals surface area contributed by atoms with E-state index in [2.05, 4.69) is 0 Å². The van der Waals surface area contributed by atoms with Gasteiger partial charge in [-0.1, -0.05) is 18.2 Å². The monoisotopic (exact) mass is 253 g/mol. The van der Waals surface area contributed by atoms with Crippen molar-refractivity contribution in [3.63, 3.8) is 0 Å². The highest BCUT2D eigenvalue weighted by molar-refractivity contribution is 8.00. The summed E-state index contributed by atoms with van der Waals surface area (Å²) >= 11 is 1.54. The van der Waals surface area contributed by atoms with Crippen LogP contribution < -0.4 is 0 Å². The van der Waals surface area contributed by atoms with Crippen molar-refractivity contribution in [2.24, 2.45) is 0 Å². The maximum absolute atomic E-state index is 11.8. The van der Waals surface area contributed by atoms with E-state index in [0.717, 1.165) is 4.90 Å². The number of hydrogen-bond donors (Lipinski definition) is 1. The molecule has 4 heteroatoms. The summed E-state index contributed by atoms with van der Waals surface area (Å²) in [6, 6.07) is 8.01. The molecule has 1 atom stereocenters. The average molecular weight is 253 g/mol. The zero-order valence-corrected chi connectivity index (χ0v) is 11.3. The second-order valence-electron chi connectivity index (χ2n) is 4.18. The fraction of sp³-hybridized carbons (Fsp3) is 0.462. The molecule has 0 aromatic heterocycles. The van der Waals surface area contributed by atoms with E-state index in [4.69, 9.17) is 0 Å². The molecule has 1 amide bonds. The van der Waals surface area contributed by atoms with Gasteiger partial charge in [0.05, 0.1) is 11.9 Å². The molecule has 0 fully saturated rings. The summed E-state index contributed by atoms with van der Waals surface area (Å²) in [5.41, 5.74) is 1.18. The lowest BCUT2D eigenvalue weighted by Crippen LogP contribution is -2.34. The molecule has 0 aliphatic rings. The maximum atomic E-state index is 11.8. The van der Waals surface area contributed by atoms with E-state index in [1.807, 2.05) is 31.2 Å². The third-order valence-corrected chi connectivity index (χ3v) is 3.57. The molecular weight excluding hydrogens is 234 g/mol. The van der Waals surface area contributed by atoms with Crippen LogP contribution in [0.25, 0.3) is 0 Å². The largest absolute Gasteiger partial charge is 0.392 e. The Kier molecular flexibility index (Phi) is 5.51. The van der Waals surface area contributed by atoms with Crippen molar-refractivity contribution in [1.82, 2.24) is 4.90 Å². The van der Waals surface area contributed by atoms with E-state index < -0.39 is 6.10 Å². The second-order valence-corrected chi connectivity index (χ2v) is 5.19. The lowest BCUT2D eigenvalue weighted by molar-refractivity contribution is -0.128. The van der Waals surface area contributed by atoms with Crippen molar-refractivity contribution in [3.8, 4) is 0 Å². The van der Waals surface area contributed by atoms with E-state index in [-0.39, 0.29) is 5.91 Å². The van der Waals surface area contributed by atoms with Gasteiger partial charge in [0.25, 0.3) is 0 Å². The van der Waals surface area contributed by atoms with Gasteiger partial charge >= 0.3 is 0 Å². The van der Waals surface area contributed by atoms with Crippen LogP contribution >= 0.6 is 11.8 Å². The predicted octanol–water partition coefficient (Wildman–Crippen LogP) is 1.93. The summed E-state index contributed by atoms with van der Waals surface area (Å²) in [6.45, 7) is 4.09. The van der Waals surface area contributed by atoms with Crippen molar-refractivity contribution in [1.29, 1.82) is 0 Å². The summed E-state index contributed by atoms with van der Waals surface area (Å²) in [6.07, 6.45) is -0.479. The molecule has 1 rings (SSSR count). The van der Waals surface area contributed by atoms with E-state index in [1.54, 1.807) is 18.9 Å². The minimum absolute atomic E-state index is 0.0409. The van der Waals surface area contributed by atoms with Crippen molar-refractivity contribution in [2.45, 2.75) is 24.8 Å². The molecule has 3 nitrogen and oxygen atoms in total. The molecule has 0 heterocycles. The quantitative estimate of drug-likeness (QED) is 0.815. The molecule has 0 aliphatic carbocycles. The molecule has 1 N–H and O–H groups in total. The highest BCUT2D eigenvalue weighted by Crippen LogP contribution is 2.21. The SMILES string of the molecule is Cc1ccccc1SCC(=O)N(C)CC(C)O. The van der Waals surface area contributed by atoms with Crippen LogP contribution in [0.4, 0.5) is 0 Å². The Labute approximate surface area is 107 Å². The van der Waals surface area contributed by atoms with Gasteiger partial charge in [0.2, 0.25) is 5.91 Å². The highest BCUT2D eigenvalue weighted by atomic mass is 32.2. The first kappa shape index (κ1) is 14.1. The first-order valence-corrected chi connectivity index (χ1v) is 6.59. The van der Waals surface area contributed by atoms with E-state index in [0.29, 0.717) is 12.3 Å². The molecule has 94 valence electrons. The Morgan fingerprint density at radius 2 is 2.12 bits per heavy atom. The molecule has 0 aliphatic heterocycles. The average Bonchev–Trinajstić information content (AvgIpc) is 2.26. The van der Waals surface area contributed by atoms with Crippen molar-refractivity contribution in [2.75, 3.05) is 19.3 Å². The smallest absolute Gasteiger partial charge is 0.232 e. The van der Waals surface area contributed by atoms with Gasteiger partial charge in [-0.2, -0.15) is 0 Å². The minimum atomic E-state index is -0.479. The molecular formula is C13H19NO2S. The molecule has 1 aromatic carbocycles. The fourth-order valence-electron chi connectivity index (χ4n) is 1.47. The fourth-order valence-corrected chi connectivity index (χ4v) is 2.44. The zero-order valence-electron chi connectivity index (χ0n) is 10.5. The number of carbonyl (C=O) groups excluding carboxylic acids is 1. The van der Waals surface area contributed by atoms with Crippen LogP contribution in [-0.2, 0) is 4.79 Å². The van der Waals surface area contributed by atoms with Crippen LogP contribution in [0.1, 0.15) is 12.5 Å². The molecule has 0 bridgehead atoms. The van der Waals surface area contributed by atoms with Crippen molar-refractivity contribution in [3.05, 3.63) is 29.8 Å². The van der Waals surface area contributed by atoms with Gasteiger partial charge in [-0.05, 0) is 25.5 Å². The van der Waals surface area contributed by atoms with E-state index in [9.17, 15) is 9.90 Å². The van der Waals surface area contributed by atoms with Crippen LogP contribution in [0.3, 0.4) is 0 Å². The van der Waals surface area contributed by atoms with Crippen LogP contribution in [0.5, 0.6) is 0 Å². The Morgan fingerprint density at radius 1 is 1.47 bits per heavy atom. The number of carbonyl (C=O) groups is 1. The summed E-state index contributed by atoms with van der Waals surface area (Å²) < 4.78 is 0. The van der Waals surface area contributed by atoms with Gasteiger partial charge in [-0.15, -0.1) is 11.8 Å². The minimum Gasteiger partial charge on any atom is -0.392 e. The number of likely N-dealkylation sites (N-methyl/N-ethyl adjacent to an activating group) is 1. The van der Waals surface area contributed by atoms with Gasteiger partial charge in [-0.3, -0.25) is 4.79 Å². The first-order chi connectivity index (χ1) is 8.00. The number of hydrogen-bond acceptors (Lipinski definition) is 3. The summed E-state index contributed by atoms with van der Waals surface area (Å²) in [5, 5.41) is 9.20. The van der Waals surface area contributed by atoms with Gasteiger partial charge in [0, 0.05) is 18.5 Å². The molecule has 0 radical (unpaired) electrons. The number of aliphatic hydroxyl groups excluding tert-OH is 1. The van der Waals surface area contributed by atoms with Crippen LogP contribution in [0, 0.1) is 6.92 Å². The summed E-state index contributed by atoms with van der Waals surface area (Å²) in [4.78, 5) is 14.5. The molecule has 1 unspecified atom stereocenters. The normalized spacial score (nSPS) is 12.2. The van der Waals surface area contributed by atoms with Gasteiger partial charge in [0.15, 0.2) is 0 Å². The number of aryl methyl sites for hydroxylation is 1. The lowest BCUT2D eigenvalue weighted by Gasteiger charge is -2.18. The molecule has 0 spiro atoms. The third kappa shape index (κ3) is 4.79. The molecule has 1 aromatic rings. The number of amides is 1. The Balaban J connectivity index is 2.46. The van der Waals surface area contributed by atoms with E-state index >= 15 is 0 Å². The summed E-state index contributed by atoms with van der Waals surface area (Å²) in [7, 11) is 1.72. The Hall–Kier alpha value is -1.00. The van der Waals surface area contributed by atoms with Crippen molar-refractivity contribution < 1.29 is 9.90 Å². The standard InChI is InChI=1S/C13H19NO2S/c1-10-6-4-5-7-12(10)17-9-13(16)14(3)8-11(2)15/h4-7,11,15H,8-9H2,1-3H3. The topological polar surface area (TPSA) is 40.5 Å². The first-order valence-electron chi connectivity index (χ1n) is 5.61.